The third kappa shape index (κ3) is 2.68. The van der Waals surface area contributed by atoms with E-state index >= 15 is 0 Å². The predicted molar refractivity (Wildman–Crippen MR) is 73.0 cm³/mol. The van der Waals surface area contributed by atoms with Crippen LogP contribution in [0, 0.1) is 0 Å². The van der Waals surface area contributed by atoms with E-state index in [1.807, 2.05) is 0 Å². The molecule has 6 nitrogen and oxygen atoms in total. The molecule has 6 heteroatoms. The Morgan fingerprint density at radius 3 is 3.05 bits per heavy atom. The lowest BCUT2D eigenvalue weighted by molar-refractivity contribution is 0.555. The van der Waals surface area contributed by atoms with Gasteiger partial charge in [-0.1, -0.05) is 0 Å². The van der Waals surface area contributed by atoms with Crippen LogP contribution in [0.2, 0.25) is 0 Å². The van der Waals surface area contributed by atoms with Crippen LogP contribution < -0.4 is 10.9 Å². The highest BCUT2D eigenvalue weighted by Gasteiger charge is 2.19. The molecule has 3 rings (SSSR count). The van der Waals surface area contributed by atoms with Gasteiger partial charge in [-0.05, 0) is 32.2 Å². The van der Waals surface area contributed by atoms with E-state index in [4.69, 9.17) is 0 Å². The molecule has 0 atom stereocenters. The molecular formula is C13H19N5O. The lowest BCUT2D eigenvalue weighted by atomic mass is 10.3. The number of hydrogen-bond donors (Lipinski definition) is 1. The van der Waals surface area contributed by atoms with Crippen molar-refractivity contribution in [1.82, 2.24) is 24.6 Å². The van der Waals surface area contributed by atoms with Gasteiger partial charge in [0, 0.05) is 19.6 Å². The summed E-state index contributed by atoms with van der Waals surface area (Å²) in [4.78, 5) is 16.5. The minimum absolute atomic E-state index is 0.00764. The second-order valence-electron chi connectivity index (χ2n) is 5.18. The summed E-state index contributed by atoms with van der Waals surface area (Å²) < 4.78 is 3.31. The van der Waals surface area contributed by atoms with E-state index in [0.717, 1.165) is 32.0 Å². The molecule has 0 unspecified atom stereocenters. The Labute approximate surface area is 111 Å². The van der Waals surface area contributed by atoms with Crippen molar-refractivity contribution >= 4 is 11.0 Å². The van der Waals surface area contributed by atoms with Crippen LogP contribution >= 0.6 is 0 Å². The number of nitrogens with one attached hydrogen (secondary N) is 1. The topological polar surface area (TPSA) is 64.7 Å². The Balaban J connectivity index is 1.60. The quantitative estimate of drug-likeness (QED) is 0.776. The molecule has 0 aliphatic heterocycles. The maximum Gasteiger partial charge on any atom is 0.264 e. The highest BCUT2D eigenvalue weighted by Crippen LogP contribution is 2.18. The van der Waals surface area contributed by atoms with Crippen molar-refractivity contribution < 1.29 is 0 Å². The van der Waals surface area contributed by atoms with Gasteiger partial charge in [0.25, 0.3) is 5.56 Å². The molecule has 0 radical (unpaired) electrons. The van der Waals surface area contributed by atoms with E-state index in [9.17, 15) is 4.79 Å². The molecule has 1 aliphatic carbocycles. The van der Waals surface area contributed by atoms with Gasteiger partial charge in [-0.3, -0.25) is 14.0 Å². The minimum atomic E-state index is 0.00764. The largest absolute Gasteiger partial charge is 0.314 e. The maximum atomic E-state index is 12.2. The molecule has 0 bridgehead atoms. The highest BCUT2D eigenvalue weighted by molar-refractivity contribution is 5.72. The first kappa shape index (κ1) is 12.3. The number of hydrogen-bond acceptors (Lipinski definition) is 4. The van der Waals surface area contributed by atoms with Crippen molar-refractivity contribution in [2.45, 2.75) is 38.3 Å². The normalized spacial score (nSPS) is 15.2. The van der Waals surface area contributed by atoms with E-state index in [1.54, 1.807) is 28.8 Å². The average Bonchev–Trinajstić information content (AvgIpc) is 3.15. The third-order valence-corrected chi connectivity index (χ3v) is 3.55. The minimum Gasteiger partial charge on any atom is -0.314 e. The highest BCUT2D eigenvalue weighted by atomic mass is 16.1. The SMILES string of the molecule is Cn1ncc2c(=O)n(CCCCNC3CC3)cnc21. The van der Waals surface area contributed by atoms with E-state index in [-0.39, 0.29) is 5.56 Å². The fourth-order valence-corrected chi connectivity index (χ4v) is 2.23. The Hall–Kier alpha value is -1.69. The number of aryl methyl sites for hydroxylation is 2. The molecular weight excluding hydrogens is 242 g/mol. The summed E-state index contributed by atoms with van der Waals surface area (Å²) >= 11 is 0. The second kappa shape index (κ2) is 5.13. The van der Waals surface area contributed by atoms with Crippen LogP contribution in [0.15, 0.2) is 17.3 Å². The fourth-order valence-electron chi connectivity index (χ4n) is 2.23. The van der Waals surface area contributed by atoms with E-state index in [0.29, 0.717) is 11.0 Å². The van der Waals surface area contributed by atoms with Gasteiger partial charge in [0.2, 0.25) is 0 Å². The van der Waals surface area contributed by atoms with Crippen LogP contribution in [-0.2, 0) is 13.6 Å². The smallest absolute Gasteiger partial charge is 0.264 e. The molecule has 2 aromatic heterocycles. The first-order valence-electron chi connectivity index (χ1n) is 6.86. The van der Waals surface area contributed by atoms with Crippen LogP contribution in [0.1, 0.15) is 25.7 Å². The molecule has 0 aromatic carbocycles. The average molecular weight is 261 g/mol. The summed E-state index contributed by atoms with van der Waals surface area (Å²) in [6.07, 6.45) is 7.94. The molecule has 0 amide bonds. The van der Waals surface area contributed by atoms with Crippen molar-refractivity contribution in [3.8, 4) is 0 Å². The molecule has 0 spiro atoms. The van der Waals surface area contributed by atoms with Gasteiger partial charge in [0.1, 0.15) is 5.39 Å². The summed E-state index contributed by atoms with van der Waals surface area (Å²) in [7, 11) is 1.79. The number of fused-ring (bicyclic) bond motifs is 1. The predicted octanol–water partition coefficient (Wildman–Crippen LogP) is 0.662. The number of rotatable bonds is 6. The van der Waals surface area contributed by atoms with Gasteiger partial charge in [-0.25, -0.2) is 4.98 Å². The summed E-state index contributed by atoms with van der Waals surface area (Å²) in [5.41, 5.74) is 0.657. The standard InChI is InChI=1S/C13H19N5O/c1-17-12-11(8-16-17)13(19)18(9-15-12)7-3-2-6-14-10-4-5-10/h8-10,14H,2-7H2,1H3. The van der Waals surface area contributed by atoms with Crippen molar-refractivity contribution in [1.29, 1.82) is 0 Å². The van der Waals surface area contributed by atoms with E-state index in [2.05, 4.69) is 15.4 Å². The Bertz CT molecular complexity index is 625. The molecule has 1 fully saturated rings. The number of nitrogens with zero attached hydrogens (tertiary/aromatic N) is 4. The lowest BCUT2D eigenvalue weighted by Crippen LogP contribution is -2.22. The van der Waals surface area contributed by atoms with Crippen LogP contribution in [0.25, 0.3) is 11.0 Å². The molecule has 19 heavy (non-hydrogen) atoms. The zero-order chi connectivity index (χ0) is 13.2. The molecule has 2 heterocycles. The number of aromatic nitrogens is 4. The molecule has 2 aromatic rings. The lowest BCUT2D eigenvalue weighted by Gasteiger charge is -2.06. The second-order valence-corrected chi connectivity index (χ2v) is 5.18. The monoisotopic (exact) mass is 261 g/mol. The molecule has 102 valence electrons. The maximum absolute atomic E-state index is 12.2. The van der Waals surface area contributed by atoms with Gasteiger partial charge >= 0.3 is 0 Å². The summed E-state index contributed by atoms with van der Waals surface area (Å²) in [6, 6.07) is 0.760. The fraction of sp³-hybridized carbons (Fsp3) is 0.615. The van der Waals surface area contributed by atoms with Crippen molar-refractivity contribution in [2.75, 3.05) is 6.54 Å². The molecule has 1 aliphatic rings. The van der Waals surface area contributed by atoms with Crippen LogP contribution in [0.5, 0.6) is 0 Å². The van der Waals surface area contributed by atoms with Crippen LogP contribution in [0.4, 0.5) is 0 Å². The van der Waals surface area contributed by atoms with Gasteiger partial charge in [-0.2, -0.15) is 5.10 Å². The zero-order valence-electron chi connectivity index (χ0n) is 11.2. The van der Waals surface area contributed by atoms with Gasteiger partial charge < -0.3 is 5.32 Å². The first-order chi connectivity index (χ1) is 9.25. The summed E-state index contributed by atoms with van der Waals surface area (Å²) in [5, 5.41) is 8.14. The van der Waals surface area contributed by atoms with Gasteiger partial charge in [-0.15, -0.1) is 0 Å². The van der Waals surface area contributed by atoms with Gasteiger partial charge in [0.15, 0.2) is 5.65 Å². The number of unbranched alkanes of at least 4 members (excludes halogenated alkanes) is 1. The van der Waals surface area contributed by atoms with Crippen LogP contribution in [-0.4, -0.2) is 31.9 Å². The van der Waals surface area contributed by atoms with E-state index in [1.165, 1.54) is 12.8 Å². The Morgan fingerprint density at radius 2 is 2.26 bits per heavy atom. The van der Waals surface area contributed by atoms with Crippen molar-refractivity contribution in [3.05, 3.63) is 22.9 Å². The first-order valence-corrected chi connectivity index (χ1v) is 6.86. The van der Waals surface area contributed by atoms with Crippen molar-refractivity contribution in [3.63, 3.8) is 0 Å². The Morgan fingerprint density at radius 1 is 1.42 bits per heavy atom. The summed E-state index contributed by atoms with van der Waals surface area (Å²) in [5.74, 6) is 0. The molecule has 0 saturated heterocycles. The van der Waals surface area contributed by atoms with Crippen molar-refractivity contribution in [2.24, 2.45) is 7.05 Å². The summed E-state index contributed by atoms with van der Waals surface area (Å²) in [6.45, 7) is 1.77. The molecule has 1 N–H and O–H groups in total. The van der Waals surface area contributed by atoms with Crippen LogP contribution in [0.3, 0.4) is 0 Å². The molecule has 1 saturated carbocycles. The zero-order valence-corrected chi connectivity index (χ0v) is 11.2. The Kier molecular flexibility index (Phi) is 3.33. The third-order valence-electron chi connectivity index (χ3n) is 3.55. The van der Waals surface area contributed by atoms with Gasteiger partial charge in [0.05, 0.1) is 12.5 Å². The van der Waals surface area contributed by atoms with E-state index < -0.39 is 0 Å².